The zero-order valence-electron chi connectivity index (χ0n) is 15.8. The zero-order chi connectivity index (χ0) is 20.0. The summed E-state index contributed by atoms with van der Waals surface area (Å²) in [4.78, 5) is 4.32. The van der Waals surface area contributed by atoms with Gasteiger partial charge in [0, 0.05) is 6.42 Å². The summed E-state index contributed by atoms with van der Waals surface area (Å²) in [5.41, 5.74) is 1.28. The van der Waals surface area contributed by atoms with Gasteiger partial charge in [-0.25, -0.2) is 0 Å². The van der Waals surface area contributed by atoms with E-state index in [0.717, 1.165) is 11.8 Å². The number of ether oxygens (including phenoxy) is 2. The lowest BCUT2D eigenvalue weighted by Gasteiger charge is -2.16. The van der Waals surface area contributed by atoms with Crippen LogP contribution in [-0.4, -0.2) is 26.8 Å². The maximum atomic E-state index is 12.8. The summed E-state index contributed by atoms with van der Waals surface area (Å²) in [7, 11) is -2.39. The Morgan fingerprint density at radius 3 is 2.41 bits per heavy atom. The largest absolute Gasteiger partial charge is 0.616 e. The highest BCUT2D eigenvalue weighted by Crippen LogP contribution is 2.23. The quantitative estimate of drug-likeness (QED) is 0.363. The number of rotatable bonds is 9. The molecule has 0 saturated heterocycles. The van der Waals surface area contributed by atoms with Crippen molar-refractivity contribution in [1.82, 2.24) is 4.98 Å². The molecule has 148 valence electrons. The van der Waals surface area contributed by atoms with Crippen molar-refractivity contribution in [3.63, 3.8) is 0 Å². The van der Waals surface area contributed by atoms with Crippen LogP contribution in [0.1, 0.15) is 30.8 Å². The lowest BCUT2D eigenvalue weighted by atomic mass is 10.1. The Balaban J connectivity index is 2.41. The first-order valence-electron chi connectivity index (χ1n) is 8.41. The minimum absolute atomic E-state index is 0.0495. The lowest BCUT2D eigenvalue weighted by molar-refractivity contribution is -0.622. The molecule has 2 rings (SSSR count). The first-order chi connectivity index (χ1) is 12.7. The number of aromatic nitrogens is 2. The van der Waals surface area contributed by atoms with Crippen LogP contribution in [0, 0.1) is 11.1 Å². The molecule has 0 unspecified atom stereocenters. The Morgan fingerprint density at radius 2 is 1.85 bits per heavy atom. The molecule has 0 fully saturated rings. The number of hydrogen-bond donors (Lipinski definition) is 0. The van der Waals surface area contributed by atoms with Crippen LogP contribution in [0.25, 0.3) is 0 Å². The molecule has 27 heavy (non-hydrogen) atoms. The van der Waals surface area contributed by atoms with E-state index in [9.17, 15) is 13.6 Å². The normalized spacial score (nSPS) is 11.6. The zero-order valence-corrected chi connectivity index (χ0v) is 16.7. The molecule has 1 heterocycles. The molecule has 0 spiro atoms. The van der Waals surface area contributed by atoms with E-state index in [1.54, 1.807) is 0 Å². The Bertz CT molecular complexity index is 869. The average Bonchev–Trinajstić information content (AvgIpc) is 2.60. The first-order valence-corrected chi connectivity index (χ1v) is 10.2. The monoisotopic (exact) mass is 396 g/mol. The van der Waals surface area contributed by atoms with Gasteiger partial charge in [-0.05, 0) is 11.5 Å². The second kappa shape index (κ2) is 9.01. The van der Waals surface area contributed by atoms with Crippen LogP contribution in [0.4, 0.5) is 0 Å². The predicted molar refractivity (Wildman–Crippen MR) is 98.7 cm³/mol. The highest BCUT2D eigenvalue weighted by atomic mass is 32.2. The Kier molecular flexibility index (Phi) is 6.98. The third-order valence-corrected chi connectivity index (χ3v) is 4.13. The van der Waals surface area contributed by atoms with Crippen molar-refractivity contribution in [1.29, 1.82) is 0 Å². The Labute approximate surface area is 159 Å². The van der Waals surface area contributed by atoms with E-state index in [0.29, 0.717) is 16.8 Å². The van der Waals surface area contributed by atoms with Crippen molar-refractivity contribution in [3.05, 3.63) is 52.5 Å². The maximum Gasteiger partial charge on any atom is 0.404 e. The first kappa shape index (κ1) is 20.9. The standard InChI is InChI=1S/C18H24N2O6S/c1-13(2)10-16-17(25-11-14-8-6-5-7-9-14)19-15(12-26-27(4,22)23)18(24-3)20(16)21/h5-9,13H,10-12H2,1-4H3. The molecule has 2 aromatic rings. The molecule has 0 aliphatic heterocycles. The van der Waals surface area contributed by atoms with Crippen LogP contribution >= 0.6 is 0 Å². The molecule has 0 atom stereocenters. The van der Waals surface area contributed by atoms with E-state index >= 15 is 0 Å². The van der Waals surface area contributed by atoms with Crippen molar-refractivity contribution in [2.45, 2.75) is 33.5 Å². The molecular formula is C18H24N2O6S. The van der Waals surface area contributed by atoms with Crippen molar-refractivity contribution in [2.24, 2.45) is 5.92 Å². The van der Waals surface area contributed by atoms with Gasteiger partial charge in [0.15, 0.2) is 5.69 Å². The predicted octanol–water partition coefficient (Wildman–Crippen LogP) is 1.98. The van der Waals surface area contributed by atoms with Gasteiger partial charge in [0.1, 0.15) is 13.2 Å². The summed E-state index contributed by atoms with van der Waals surface area (Å²) in [6.45, 7) is 3.73. The molecule has 0 radical (unpaired) electrons. The van der Waals surface area contributed by atoms with Crippen LogP contribution in [0.15, 0.2) is 30.3 Å². The van der Waals surface area contributed by atoms with E-state index < -0.39 is 16.7 Å². The van der Waals surface area contributed by atoms with Crippen molar-refractivity contribution in [3.8, 4) is 11.8 Å². The van der Waals surface area contributed by atoms with Gasteiger partial charge in [-0.15, -0.1) is 4.73 Å². The summed E-state index contributed by atoms with van der Waals surface area (Å²) in [5, 5.41) is 12.8. The van der Waals surface area contributed by atoms with E-state index in [4.69, 9.17) is 13.7 Å². The third-order valence-electron chi connectivity index (χ3n) is 3.58. The molecule has 0 aliphatic rings. The van der Waals surface area contributed by atoms with Gasteiger partial charge >= 0.3 is 5.88 Å². The molecule has 1 aromatic carbocycles. The fraction of sp³-hybridized carbons (Fsp3) is 0.444. The molecular weight excluding hydrogens is 372 g/mol. The van der Waals surface area contributed by atoms with Gasteiger partial charge in [-0.2, -0.15) is 13.4 Å². The average molecular weight is 396 g/mol. The Hall–Kier alpha value is -2.39. The van der Waals surface area contributed by atoms with Gasteiger partial charge in [0.05, 0.1) is 13.4 Å². The number of methoxy groups -OCH3 is 1. The highest BCUT2D eigenvalue weighted by Gasteiger charge is 2.27. The summed E-state index contributed by atoms with van der Waals surface area (Å²) in [6, 6.07) is 9.45. The second-order valence-corrected chi connectivity index (χ2v) is 8.10. The molecule has 8 nitrogen and oxygen atoms in total. The summed E-state index contributed by atoms with van der Waals surface area (Å²) in [5.74, 6) is 0.200. The van der Waals surface area contributed by atoms with Crippen molar-refractivity contribution < 1.29 is 26.8 Å². The molecule has 9 heteroatoms. The van der Waals surface area contributed by atoms with Gasteiger partial charge < -0.3 is 14.7 Å². The van der Waals surface area contributed by atoms with Crippen molar-refractivity contribution in [2.75, 3.05) is 13.4 Å². The van der Waals surface area contributed by atoms with E-state index in [2.05, 4.69) is 4.98 Å². The SMILES string of the molecule is COc1c(COS(C)(=O)=O)nc(OCc2ccccc2)c(CC(C)C)[n+]1[O-]. The number of hydrogen-bond acceptors (Lipinski definition) is 7. The molecule has 0 bridgehead atoms. The van der Waals surface area contributed by atoms with E-state index in [-0.39, 0.29) is 30.0 Å². The second-order valence-electron chi connectivity index (χ2n) is 6.45. The van der Waals surface area contributed by atoms with Gasteiger partial charge in [0.25, 0.3) is 21.7 Å². The summed E-state index contributed by atoms with van der Waals surface area (Å²) in [6.07, 6.45) is 1.34. The van der Waals surface area contributed by atoms with Crippen LogP contribution in [0.2, 0.25) is 0 Å². The van der Waals surface area contributed by atoms with Crippen LogP contribution in [0.3, 0.4) is 0 Å². The third kappa shape index (κ3) is 6.07. The molecule has 0 aliphatic carbocycles. The molecule has 1 aromatic heterocycles. The van der Waals surface area contributed by atoms with Gasteiger partial charge in [0.2, 0.25) is 0 Å². The lowest BCUT2D eigenvalue weighted by Crippen LogP contribution is -2.37. The maximum absolute atomic E-state index is 12.8. The van der Waals surface area contributed by atoms with E-state index in [1.165, 1.54) is 7.11 Å². The van der Waals surface area contributed by atoms with Crippen LogP contribution in [0.5, 0.6) is 11.8 Å². The Morgan fingerprint density at radius 1 is 1.19 bits per heavy atom. The number of benzene rings is 1. The fourth-order valence-electron chi connectivity index (χ4n) is 2.42. The van der Waals surface area contributed by atoms with Gasteiger partial charge in [-0.1, -0.05) is 44.2 Å². The minimum Gasteiger partial charge on any atom is -0.616 e. The fourth-order valence-corrected chi connectivity index (χ4v) is 2.74. The molecule has 0 amide bonds. The topological polar surface area (TPSA) is 102 Å². The summed E-state index contributed by atoms with van der Waals surface area (Å²) >= 11 is 0. The smallest absolute Gasteiger partial charge is 0.404 e. The van der Waals surface area contributed by atoms with Crippen molar-refractivity contribution >= 4 is 10.1 Å². The van der Waals surface area contributed by atoms with E-state index in [1.807, 2.05) is 44.2 Å². The minimum atomic E-state index is -3.71. The molecule has 0 saturated carbocycles. The van der Waals surface area contributed by atoms with Crippen LogP contribution < -0.4 is 14.2 Å². The van der Waals surface area contributed by atoms with Crippen LogP contribution in [-0.2, 0) is 33.9 Å². The molecule has 0 N–H and O–H groups in total. The van der Waals surface area contributed by atoms with Gasteiger partial charge in [-0.3, -0.25) is 4.18 Å². The highest BCUT2D eigenvalue weighted by molar-refractivity contribution is 7.85. The number of nitrogens with zero attached hydrogens (tertiary/aromatic N) is 2. The summed E-state index contributed by atoms with van der Waals surface area (Å²) < 4.78 is 38.9.